The van der Waals surface area contributed by atoms with Gasteiger partial charge in [-0.05, 0) is 30.5 Å². The molecule has 2 rings (SSSR count). The minimum atomic E-state index is -0.338. The number of hydrogen-bond donors (Lipinski definition) is 2. The van der Waals surface area contributed by atoms with Crippen molar-refractivity contribution in [3.8, 4) is 0 Å². The van der Waals surface area contributed by atoms with Crippen molar-refractivity contribution in [2.75, 3.05) is 5.32 Å². The van der Waals surface area contributed by atoms with Crippen LogP contribution in [0, 0.1) is 5.82 Å². The van der Waals surface area contributed by atoms with Gasteiger partial charge in [-0.1, -0.05) is 6.92 Å². The number of rotatable bonds is 2. The normalized spacial score (nSPS) is 16.6. The lowest BCUT2D eigenvalue weighted by Crippen LogP contribution is -2.20. The van der Waals surface area contributed by atoms with Crippen molar-refractivity contribution in [1.29, 1.82) is 0 Å². The summed E-state index contributed by atoms with van der Waals surface area (Å²) in [5.74, 6) is -0.394. The van der Waals surface area contributed by atoms with Gasteiger partial charge in [0, 0.05) is 23.7 Å². The molecule has 3 nitrogen and oxygen atoms in total. The molecule has 1 aliphatic rings. The van der Waals surface area contributed by atoms with Crippen molar-refractivity contribution >= 4 is 11.6 Å². The molecule has 0 bridgehead atoms. The third-order valence-corrected chi connectivity index (χ3v) is 2.96. The predicted octanol–water partition coefficient (Wildman–Crippen LogP) is 2.12. The largest absolute Gasteiger partial charge is 0.326 e. The van der Waals surface area contributed by atoms with Gasteiger partial charge in [0.1, 0.15) is 5.82 Å². The van der Waals surface area contributed by atoms with Crippen LogP contribution >= 0.6 is 0 Å². The van der Waals surface area contributed by atoms with Gasteiger partial charge in [0.25, 0.3) is 0 Å². The van der Waals surface area contributed by atoms with Gasteiger partial charge in [0.15, 0.2) is 0 Å². The standard InChI is InChI=1S/C12H15FN2O/c1-2-10(14)8-5-7-3-4-12(16)15-11(7)6-9(8)13/h5-6,10H,2-4,14H2,1H3,(H,15,16)/t10-/m1/s1. The molecule has 0 saturated carbocycles. The van der Waals surface area contributed by atoms with Gasteiger partial charge in [0.05, 0.1) is 0 Å². The zero-order valence-corrected chi connectivity index (χ0v) is 9.22. The van der Waals surface area contributed by atoms with Gasteiger partial charge >= 0.3 is 0 Å². The smallest absolute Gasteiger partial charge is 0.224 e. The number of fused-ring (bicyclic) bond motifs is 1. The van der Waals surface area contributed by atoms with E-state index in [0.29, 0.717) is 30.5 Å². The third-order valence-electron chi connectivity index (χ3n) is 2.96. The van der Waals surface area contributed by atoms with Crippen LogP contribution in [0.15, 0.2) is 12.1 Å². The van der Waals surface area contributed by atoms with E-state index < -0.39 is 0 Å². The number of carbonyl (C=O) groups excluding carboxylic acids is 1. The Labute approximate surface area is 93.8 Å². The second-order valence-electron chi connectivity index (χ2n) is 4.09. The average Bonchev–Trinajstić information content (AvgIpc) is 2.27. The molecule has 0 spiro atoms. The lowest BCUT2D eigenvalue weighted by molar-refractivity contribution is -0.116. The molecule has 0 aromatic heterocycles. The molecule has 0 aliphatic carbocycles. The Morgan fingerprint density at radius 3 is 2.94 bits per heavy atom. The Bertz CT molecular complexity index is 431. The first kappa shape index (κ1) is 11.1. The highest BCUT2D eigenvalue weighted by molar-refractivity contribution is 5.93. The van der Waals surface area contributed by atoms with E-state index in [1.54, 1.807) is 6.07 Å². The number of halogens is 1. The first-order valence-corrected chi connectivity index (χ1v) is 5.49. The first-order chi connectivity index (χ1) is 7.61. The van der Waals surface area contributed by atoms with E-state index in [-0.39, 0.29) is 17.8 Å². The number of carbonyl (C=O) groups is 1. The summed E-state index contributed by atoms with van der Waals surface area (Å²) in [7, 11) is 0. The molecule has 0 fully saturated rings. The molecule has 1 aromatic carbocycles. The van der Waals surface area contributed by atoms with E-state index in [4.69, 9.17) is 5.73 Å². The number of nitrogens with two attached hydrogens (primary N) is 1. The zero-order chi connectivity index (χ0) is 11.7. The number of nitrogens with one attached hydrogen (secondary N) is 1. The molecule has 0 radical (unpaired) electrons. The lowest BCUT2D eigenvalue weighted by atomic mass is 9.96. The number of benzene rings is 1. The van der Waals surface area contributed by atoms with Crippen LogP contribution in [0.4, 0.5) is 10.1 Å². The molecule has 1 aliphatic heterocycles. The van der Waals surface area contributed by atoms with E-state index in [0.717, 1.165) is 5.56 Å². The second kappa shape index (κ2) is 4.22. The van der Waals surface area contributed by atoms with Crippen LogP contribution in [0.5, 0.6) is 0 Å². The van der Waals surface area contributed by atoms with E-state index in [1.807, 2.05) is 6.92 Å². The van der Waals surface area contributed by atoms with Crippen molar-refractivity contribution < 1.29 is 9.18 Å². The fourth-order valence-corrected chi connectivity index (χ4v) is 1.93. The topological polar surface area (TPSA) is 55.1 Å². The number of hydrogen-bond acceptors (Lipinski definition) is 2. The molecule has 1 atom stereocenters. The minimum Gasteiger partial charge on any atom is -0.326 e. The van der Waals surface area contributed by atoms with Crippen LogP contribution in [-0.2, 0) is 11.2 Å². The first-order valence-electron chi connectivity index (χ1n) is 5.49. The molecule has 86 valence electrons. The maximum atomic E-state index is 13.7. The highest BCUT2D eigenvalue weighted by Gasteiger charge is 2.19. The SMILES string of the molecule is CC[C@@H](N)c1cc2c(cc1F)NC(=O)CC2. The fourth-order valence-electron chi connectivity index (χ4n) is 1.93. The number of amides is 1. The van der Waals surface area contributed by atoms with Crippen molar-refractivity contribution in [3.05, 3.63) is 29.1 Å². The fraction of sp³-hybridized carbons (Fsp3) is 0.417. The third kappa shape index (κ3) is 1.93. The molecule has 4 heteroatoms. The highest BCUT2D eigenvalue weighted by atomic mass is 19.1. The van der Waals surface area contributed by atoms with Crippen molar-refractivity contribution in [1.82, 2.24) is 0 Å². The molecule has 1 heterocycles. The summed E-state index contributed by atoms with van der Waals surface area (Å²) < 4.78 is 13.7. The molecular formula is C12H15FN2O. The van der Waals surface area contributed by atoms with Gasteiger partial charge in [0.2, 0.25) is 5.91 Å². The number of anilines is 1. The quantitative estimate of drug-likeness (QED) is 0.805. The summed E-state index contributed by atoms with van der Waals surface area (Å²) >= 11 is 0. The van der Waals surface area contributed by atoms with Crippen LogP contribution < -0.4 is 11.1 Å². The lowest BCUT2D eigenvalue weighted by Gasteiger charge is -2.20. The maximum Gasteiger partial charge on any atom is 0.224 e. The number of aryl methyl sites for hydroxylation is 1. The van der Waals surface area contributed by atoms with Gasteiger partial charge in [-0.2, -0.15) is 0 Å². The molecule has 1 amide bonds. The van der Waals surface area contributed by atoms with Crippen molar-refractivity contribution in [2.24, 2.45) is 5.73 Å². The maximum absolute atomic E-state index is 13.7. The van der Waals surface area contributed by atoms with Gasteiger partial charge in [-0.15, -0.1) is 0 Å². The predicted molar refractivity (Wildman–Crippen MR) is 60.6 cm³/mol. The molecule has 0 unspecified atom stereocenters. The van der Waals surface area contributed by atoms with Crippen LogP contribution in [-0.4, -0.2) is 5.91 Å². The Balaban J connectivity index is 2.41. The van der Waals surface area contributed by atoms with E-state index in [1.165, 1.54) is 6.07 Å². The monoisotopic (exact) mass is 222 g/mol. The molecule has 0 saturated heterocycles. The minimum absolute atomic E-state index is 0.0561. The van der Waals surface area contributed by atoms with Crippen LogP contribution in [0.25, 0.3) is 0 Å². The average molecular weight is 222 g/mol. The summed E-state index contributed by atoms with van der Waals surface area (Å²) in [6.07, 6.45) is 1.81. The summed E-state index contributed by atoms with van der Waals surface area (Å²) in [5, 5.41) is 2.67. The molecular weight excluding hydrogens is 207 g/mol. The molecule has 1 aromatic rings. The summed E-state index contributed by atoms with van der Waals surface area (Å²) in [5.41, 5.74) is 7.92. The van der Waals surface area contributed by atoms with Gasteiger partial charge in [-0.3, -0.25) is 4.79 Å². The van der Waals surface area contributed by atoms with E-state index >= 15 is 0 Å². The molecule has 16 heavy (non-hydrogen) atoms. The van der Waals surface area contributed by atoms with Crippen LogP contribution in [0.2, 0.25) is 0 Å². The Hall–Kier alpha value is -1.42. The summed E-state index contributed by atoms with van der Waals surface area (Å²) in [4.78, 5) is 11.2. The van der Waals surface area contributed by atoms with Crippen molar-refractivity contribution in [2.45, 2.75) is 32.2 Å². The van der Waals surface area contributed by atoms with Crippen molar-refractivity contribution in [3.63, 3.8) is 0 Å². The Morgan fingerprint density at radius 1 is 1.50 bits per heavy atom. The zero-order valence-electron chi connectivity index (χ0n) is 9.22. The van der Waals surface area contributed by atoms with Crippen LogP contribution in [0.3, 0.4) is 0 Å². The van der Waals surface area contributed by atoms with Crippen LogP contribution in [0.1, 0.15) is 36.9 Å². The summed E-state index contributed by atoms with van der Waals surface area (Å²) in [6, 6.07) is 2.87. The second-order valence-corrected chi connectivity index (χ2v) is 4.09. The van der Waals surface area contributed by atoms with Gasteiger partial charge < -0.3 is 11.1 Å². The Morgan fingerprint density at radius 2 is 2.25 bits per heavy atom. The Kier molecular flexibility index (Phi) is 2.92. The van der Waals surface area contributed by atoms with Gasteiger partial charge in [-0.25, -0.2) is 4.39 Å². The van der Waals surface area contributed by atoms with E-state index in [2.05, 4.69) is 5.32 Å². The highest BCUT2D eigenvalue weighted by Crippen LogP contribution is 2.28. The molecule has 3 N–H and O–H groups in total. The summed E-state index contributed by atoms with van der Waals surface area (Å²) in [6.45, 7) is 1.92. The van der Waals surface area contributed by atoms with E-state index in [9.17, 15) is 9.18 Å².